The maximum Gasteiger partial charge on any atom is 0.261 e. The average molecular weight is 326 g/mol. The van der Waals surface area contributed by atoms with Crippen LogP contribution >= 0.6 is 0 Å². The molecule has 1 fully saturated rings. The topological polar surface area (TPSA) is 69.0 Å². The number of aromatic nitrogens is 3. The lowest BCUT2D eigenvalue weighted by atomic mass is 10.0. The van der Waals surface area contributed by atoms with E-state index in [9.17, 15) is 4.79 Å². The monoisotopic (exact) mass is 326 g/mol. The molecule has 0 radical (unpaired) electrons. The number of ether oxygens (including phenoxy) is 1. The highest BCUT2D eigenvalue weighted by Gasteiger charge is 2.30. The van der Waals surface area contributed by atoms with Crippen LogP contribution in [0.5, 0.6) is 5.75 Å². The summed E-state index contributed by atoms with van der Waals surface area (Å²) in [6.07, 6.45) is 5.09. The highest BCUT2D eigenvalue weighted by molar-refractivity contribution is 5.82. The Morgan fingerprint density at radius 1 is 1.33 bits per heavy atom. The first-order chi connectivity index (χ1) is 11.6. The van der Waals surface area contributed by atoms with Crippen LogP contribution < -0.4 is 10.1 Å². The molecule has 1 aliphatic carbocycles. The first-order valence-electron chi connectivity index (χ1n) is 8.54. The molecule has 2 aliphatic rings. The predicted molar refractivity (Wildman–Crippen MR) is 89.0 cm³/mol. The van der Waals surface area contributed by atoms with Gasteiger partial charge < -0.3 is 14.6 Å². The normalized spacial score (nSPS) is 19.0. The van der Waals surface area contributed by atoms with Gasteiger partial charge in [0.15, 0.2) is 6.10 Å². The fourth-order valence-corrected chi connectivity index (χ4v) is 3.17. The minimum atomic E-state index is -0.428. The lowest BCUT2D eigenvalue weighted by molar-refractivity contribution is -0.127. The quantitative estimate of drug-likeness (QED) is 0.911. The summed E-state index contributed by atoms with van der Waals surface area (Å²) in [5.41, 5.74) is 3.54. The van der Waals surface area contributed by atoms with Gasteiger partial charge >= 0.3 is 0 Å². The van der Waals surface area contributed by atoms with Crippen LogP contribution in [0.4, 0.5) is 0 Å². The molecule has 126 valence electrons. The molecule has 0 spiro atoms. The smallest absolute Gasteiger partial charge is 0.261 e. The molecule has 1 atom stereocenters. The van der Waals surface area contributed by atoms with Crippen LogP contribution in [-0.2, 0) is 17.6 Å². The van der Waals surface area contributed by atoms with Gasteiger partial charge in [0.25, 0.3) is 5.91 Å². The van der Waals surface area contributed by atoms with Gasteiger partial charge in [-0.3, -0.25) is 4.79 Å². The SMILES string of the molecule is Cc1cc2c(cc1C)O[C@@H](C(=O)NCCc1nncn1C1CC1)C2. The van der Waals surface area contributed by atoms with E-state index in [-0.39, 0.29) is 5.91 Å². The van der Waals surface area contributed by atoms with E-state index >= 15 is 0 Å². The number of nitrogens with zero attached hydrogens (tertiary/aromatic N) is 3. The van der Waals surface area contributed by atoms with E-state index in [0.29, 0.717) is 25.4 Å². The summed E-state index contributed by atoms with van der Waals surface area (Å²) >= 11 is 0. The van der Waals surface area contributed by atoms with Crippen molar-refractivity contribution in [2.75, 3.05) is 6.54 Å². The van der Waals surface area contributed by atoms with Gasteiger partial charge in [0.2, 0.25) is 0 Å². The maximum atomic E-state index is 12.4. The number of nitrogens with one attached hydrogen (secondary N) is 1. The lowest BCUT2D eigenvalue weighted by Gasteiger charge is -2.11. The van der Waals surface area contributed by atoms with Crippen molar-refractivity contribution < 1.29 is 9.53 Å². The molecule has 1 aliphatic heterocycles. The standard InChI is InChI=1S/C18H22N4O2/c1-11-7-13-9-16(24-15(13)8-12(11)2)18(23)19-6-5-17-21-20-10-22(17)14-3-4-14/h7-8,10,14,16H,3-6,9H2,1-2H3,(H,19,23)/t16-/m1/s1. The molecule has 1 aromatic heterocycles. The Bertz CT molecular complexity index is 748. The van der Waals surface area contributed by atoms with E-state index in [1.54, 1.807) is 6.33 Å². The van der Waals surface area contributed by atoms with E-state index < -0.39 is 6.10 Å². The van der Waals surface area contributed by atoms with Crippen molar-refractivity contribution >= 4 is 5.91 Å². The number of benzene rings is 1. The number of aryl methyl sites for hydroxylation is 2. The zero-order valence-corrected chi connectivity index (χ0v) is 14.1. The second-order valence-electron chi connectivity index (χ2n) is 6.78. The Morgan fingerprint density at radius 2 is 2.12 bits per heavy atom. The Balaban J connectivity index is 1.32. The summed E-state index contributed by atoms with van der Waals surface area (Å²) in [6, 6.07) is 4.70. The van der Waals surface area contributed by atoms with Crippen LogP contribution in [0.15, 0.2) is 18.5 Å². The van der Waals surface area contributed by atoms with Crippen LogP contribution in [-0.4, -0.2) is 33.3 Å². The largest absolute Gasteiger partial charge is 0.480 e. The molecule has 0 bridgehead atoms. The molecule has 4 rings (SSSR count). The molecular formula is C18H22N4O2. The fourth-order valence-electron chi connectivity index (χ4n) is 3.17. The molecule has 1 saturated carbocycles. The number of carbonyl (C=O) groups excluding carboxylic acids is 1. The Labute approximate surface area is 141 Å². The van der Waals surface area contributed by atoms with Crippen molar-refractivity contribution in [3.05, 3.63) is 41.0 Å². The number of rotatable bonds is 5. The number of fused-ring (bicyclic) bond motifs is 1. The molecule has 6 heteroatoms. The van der Waals surface area contributed by atoms with Crippen molar-refractivity contribution in [1.82, 2.24) is 20.1 Å². The Morgan fingerprint density at radius 3 is 2.92 bits per heavy atom. The zero-order valence-electron chi connectivity index (χ0n) is 14.1. The zero-order chi connectivity index (χ0) is 16.7. The van der Waals surface area contributed by atoms with Crippen molar-refractivity contribution in [2.24, 2.45) is 0 Å². The van der Waals surface area contributed by atoms with Crippen LogP contribution in [0, 0.1) is 13.8 Å². The maximum absolute atomic E-state index is 12.4. The van der Waals surface area contributed by atoms with Crippen LogP contribution in [0.2, 0.25) is 0 Å². The Hall–Kier alpha value is -2.37. The average Bonchev–Trinajstić information content (AvgIpc) is 3.15. The highest BCUT2D eigenvalue weighted by Crippen LogP contribution is 2.35. The van der Waals surface area contributed by atoms with Gasteiger partial charge in [0.1, 0.15) is 17.9 Å². The van der Waals surface area contributed by atoms with E-state index in [1.165, 1.54) is 24.0 Å². The van der Waals surface area contributed by atoms with Crippen LogP contribution in [0.25, 0.3) is 0 Å². The van der Waals surface area contributed by atoms with Crippen LogP contribution in [0.1, 0.15) is 41.4 Å². The van der Waals surface area contributed by atoms with Gasteiger partial charge in [-0.05, 0) is 49.4 Å². The molecule has 1 N–H and O–H groups in total. The van der Waals surface area contributed by atoms with Crippen molar-refractivity contribution in [3.8, 4) is 5.75 Å². The third kappa shape index (κ3) is 2.88. The second-order valence-corrected chi connectivity index (χ2v) is 6.78. The van der Waals surface area contributed by atoms with Gasteiger partial charge in [-0.2, -0.15) is 0 Å². The van der Waals surface area contributed by atoms with Gasteiger partial charge in [-0.1, -0.05) is 6.07 Å². The van der Waals surface area contributed by atoms with E-state index in [1.807, 2.05) is 6.07 Å². The summed E-state index contributed by atoms with van der Waals surface area (Å²) in [5.74, 6) is 1.73. The molecule has 2 heterocycles. The number of hydrogen-bond acceptors (Lipinski definition) is 4. The van der Waals surface area contributed by atoms with Gasteiger partial charge in [-0.25, -0.2) is 0 Å². The van der Waals surface area contributed by atoms with Crippen molar-refractivity contribution in [2.45, 2.75) is 51.7 Å². The summed E-state index contributed by atoms with van der Waals surface area (Å²) in [7, 11) is 0. The molecule has 0 saturated heterocycles. The molecule has 2 aromatic rings. The lowest BCUT2D eigenvalue weighted by Crippen LogP contribution is -2.38. The van der Waals surface area contributed by atoms with Gasteiger partial charge in [0.05, 0.1) is 0 Å². The van der Waals surface area contributed by atoms with Crippen molar-refractivity contribution in [1.29, 1.82) is 0 Å². The van der Waals surface area contributed by atoms with Gasteiger partial charge in [-0.15, -0.1) is 10.2 Å². The summed E-state index contributed by atoms with van der Waals surface area (Å²) in [6.45, 7) is 4.69. The third-order valence-electron chi connectivity index (χ3n) is 4.88. The number of amides is 1. The van der Waals surface area contributed by atoms with Gasteiger partial charge in [0, 0.05) is 25.4 Å². The fraction of sp³-hybridized carbons (Fsp3) is 0.500. The molecule has 0 unspecified atom stereocenters. The van der Waals surface area contributed by atoms with E-state index in [0.717, 1.165) is 17.1 Å². The van der Waals surface area contributed by atoms with Crippen molar-refractivity contribution in [3.63, 3.8) is 0 Å². The minimum Gasteiger partial charge on any atom is -0.480 e. The second kappa shape index (κ2) is 5.92. The third-order valence-corrected chi connectivity index (χ3v) is 4.88. The molecule has 1 aromatic carbocycles. The van der Waals surface area contributed by atoms with Crippen LogP contribution in [0.3, 0.4) is 0 Å². The summed E-state index contributed by atoms with van der Waals surface area (Å²) in [4.78, 5) is 12.4. The predicted octanol–water partition coefficient (Wildman–Crippen LogP) is 1.89. The molecule has 1 amide bonds. The molecular weight excluding hydrogens is 304 g/mol. The first-order valence-corrected chi connectivity index (χ1v) is 8.54. The number of hydrogen-bond donors (Lipinski definition) is 1. The number of carbonyl (C=O) groups is 1. The summed E-state index contributed by atoms with van der Waals surface area (Å²) < 4.78 is 7.94. The molecule has 24 heavy (non-hydrogen) atoms. The highest BCUT2D eigenvalue weighted by atomic mass is 16.5. The summed E-state index contributed by atoms with van der Waals surface area (Å²) in [5, 5.41) is 11.1. The van der Waals surface area contributed by atoms with E-state index in [2.05, 4.69) is 40.0 Å². The molecule has 6 nitrogen and oxygen atoms in total. The minimum absolute atomic E-state index is 0.0565. The first kappa shape index (κ1) is 15.2. The Kier molecular flexibility index (Phi) is 3.75. The van der Waals surface area contributed by atoms with E-state index in [4.69, 9.17) is 4.74 Å².